The number of ether oxygens (including phenoxy) is 1. The first-order chi connectivity index (χ1) is 15.1. The molecule has 0 atom stereocenters. The molecule has 1 aliphatic rings. The number of nitrogens with zero attached hydrogens (tertiary/aromatic N) is 2. The number of amides is 1. The van der Waals surface area contributed by atoms with Gasteiger partial charge in [-0.2, -0.15) is 0 Å². The first kappa shape index (κ1) is 20.7. The zero-order chi connectivity index (χ0) is 21.6. The van der Waals surface area contributed by atoms with Crippen molar-refractivity contribution in [2.24, 2.45) is 0 Å². The van der Waals surface area contributed by atoms with E-state index in [1.165, 1.54) is 19.3 Å². The molecule has 1 aliphatic heterocycles. The Labute approximate surface area is 181 Å². The third kappa shape index (κ3) is 4.94. The lowest BCUT2D eigenvalue weighted by Gasteiger charge is -2.28. The summed E-state index contributed by atoms with van der Waals surface area (Å²) < 4.78 is 10.4. The summed E-state index contributed by atoms with van der Waals surface area (Å²) in [5, 5.41) is 6.73. The summed E-state index contributed by atoms with van der Waals surface area (Å²) in [4.78, 5) is 27.2. The van der Waals surface area contributed by atoms with Crippen molar-refractivity contribution in [1.29, 1.82) is 0 Å². The number of anilines is 2. The summed E-state index contributed by atoms with van der Waals surface area (Å²) in [6.45, 7) is 3.37. The summed E-state index contributed by atoms with van der Waals surface area (Å²) in [7, 11) is 0. The Bertz CT molecular complexity index is 1040. The molecule has 7 nitrogen and oxygen atoms in total. The molecule has 31 heavy (non-hydrogen) atoms. The summed E-state index contributed by atoms with van der Waals surface area (Å²) in [5.74, 6) is -0.708. The number of aromatic nitrogens is 1. The molecule has 1 aromatic heterocycles. The van der Waals surface area contributed by atoms with Gasteiger partial charge in [0.1, 0.15) is 17.0 Å². The summed E-state index contributed by atoms with van der Waals surface area (Å²) in [5.41, 5.74) is 3.18. The number of carbonyl (C=O) groups is 2. The highest BCUT2D eigenvalue weighted by Crippen LogP contribution is 2.26. The van der Waals surface area contributed by atoms with Gasteiger partial charge >= 0.3 is 5.97 Å². The van der Waals surface area contributed by atoms with Crippen molar-refractivity contribution in [3.63, 3.8) is 0 Å². The Morgan fingerprint density at radius 2 is 1.74 bits per heavy atom. The number of hydrogen-bond donors (Lipinski definition) is 1. The van der Waals surface area contributed by atoms with Gasteiger partial charge < -0.3 is 19.5 Å². The number of piperidine rings is 1. The van der Waals surface area contributed by atoms with E-state index < -0.39 is 18.5 Å². The van der Waals surface area contributed by atoms with Crippen LogP contribution in [0.1, 0.15) is 35.4 Å². The van der Waals surface area contributed by atoms with E-state index in [1.54, 1.807) is 6.92 Å². The van der Waals surface area contributed by atoms with E-state index in [2.05, 4.69) is 15.4 Å². The van der Waals surface area contributed by atoms with Gasteiger partial charge in [-0.1, -0.05) is 35.5 Å². The van der Waals surface area contributed by atoms with Crippen LogP contribution in [0.2, 0.25) is 0 Å². The second kappa shape index (κ2) is 9.47. The molecular weight excluding hydrogens is 394 g/mol. The maximum absolute atomic E-state index is 12.6. The minimum atomic E-state index is -0.645. The molecule has 0 radical (unpaired) electrons. The van der Waals surface area contributed by atoms with Gasteiger partial charge in [-0.25, -0.2) is 4.79 Å². The third-order valence-electron chi connectivity index (χ3n) is 5.32. The number of benzene rings is 2. The fourth-order valence-electron chi connectivity index (χ4n) is 3.71. The molecule has 7 heteroatoms. The van der Waals surface area contributed by atoms with Crippen LogP contribution in [-0.4, -0.2) is 36.7 Å². The molecule has 3 aromatic rings. The molecule has 1 fully saturated rings. The van der Waals surface area contributed by atoms with Crippen LogP contribution in [-0.2, 0) is 9.53 Å². The zero-order valence-corrected chi connectivity index (χ0v) is 17.5. The number of aryl methyl sites for hydroxylation is 1. The van der Waals surface area contributed by atoms with Crippen molar-refractivity contribution >= 4 is 23.3 Å². The third-order valence-corrected chi connectivity index (χ3v) is 5.32. The number of nitrogens with one attached hydrogen (secondary N) is 1. The van der Waals surface area contributed by atoms with Crippen LogP contribution in [0.5, 0.6) is 0 Å². The average Bonchev–Trinajstić information content (AvgIpc) is 3.20. The highest BCUT2D eigenvalue weighted by molar-refractivity contribution is 5.99. The van der Waals surface area contributed by atoms with Gasteiger partial charge in [0.2, 0.25) is 0 Å². The van der Waals surface area contributed by atoms with Gasteiger partial charge in [-0.15, -0.1) is 0 Å². The molecule has 0 aliphatic carbocycles. The number of carbonyl (C=O) groups excluding carboxylic acids is 2. The average molecular weight is 419 g/mol. The van der Waals surface area contributed by atoms with E-state index in [0.717, 1.165) is 24.3 Å². The second-order valence-electron chi connectivity index (χ2n) is 7.55. The van der Waals surface area contributed by atoms with Gasteiger partial charge in [0, 0.05) is 30.0 Å². The fourth-order valence-corrected chi connectivity index (χ4v) is 3.71. The van der Waals surface area contributed by atoms with Crippen LogP contribution >= 0.6 is 0 Å². The minimum absolute atomic E-state index is 0.227. The smallest absolute Gasteiger partial charge is 0.344 e. The predicted octanol–water partition coefficient (Wildman–Crippen LogP) is 4.44. The maximum Gasteiger partial charge on any atom is 0.344 e. The van der Waals surface area contributed by atoms with Crippen molar-refractivity contribution in [3.05, 3.63) is 65.9 Å². The van der Waals surface area contributed by atoms with Crippen molar-refractivity contribution < 1.29 is 18.8 Å². The van der Waals surface area contributed by atoms with Crippen LogP contribution in [0.25, 0.3) is 11.3 Å². The monoisotopic (exact) mass is 419 g/mol. The van der Waals surface area contributed by atoms with E-state index in [0.29, 0.717) is 17.1 Å². The van der Waals surface area contributed by atoms with E-state index in [9.17, 15) is 9.59 Å². The van der Waals surface area contributed by atoms with E-state index in [4.69, 9.17) is 9.26 Å². The van der Waals surface area contributed by atoms with E-state index in [-0.39, 0.29) is 5.56 Å². The highest BCUT2D eigenvalue weighted by Gasteiger charge is 2.23. The number of hydrogen-bond acceptors (Lipinski definition) is 6. The Balaban J connectivity index is 1.34. The van der Waals surface area contributed by atoms with Crippen molar-refractivity contribution in [1.82, 2.24) is 5.16 Å². The molecule has 1 amide bonds. The van der Waals surface area contributed by atoms with Crippen LogP contribution in [0, 0.1) is 6.92 Å². The van der Waals surface area contributed by atoms with Gasteiger partial charge in [0.25, 0.3) is 5.91 Å². The molecule has 2 heterocycles. The van der Waals surface area contributed by atoms with Crippen molar-refractivity contribution in [3.8, 4) is 11.3 Å². The first-order valence-electron chi connectivity index (χ1n) is 10.5. The lowest BCUT2D eigenvalue weighted by atomic mass is 10.1. The van der Waals surface area contributed by atoms with Crippen LogP contribution in [0.15, 0.2) is 59.1 Å². The lowest BCUT2D eigenvalue weighted by molar-refractivity contribution is -0.119. The van der Waals surface area contributed by atoms with Gasteiger partial charge in [-0.3, -0.25) is 4.79 Å². The number of esters is 1. The Morgan fingerprint density at radius 3 is 2.45 bits per heavy atom. The van der Waals surface area contributed by atoms with Gasteiger partial charge in [0.05, 0.1) is 0 Å². The largest absolute Gasteiger partial charge is 0.452 e. The second-order valence-corrected chi connectivity index (χ2v) is 7.55. The van der Waals surface area contributed by atoms with Crippen LogP contribution in [0.4, 0.5) is 11.4 Å². The Morgan fingerprint density at radius 1 is 1.03 bits per heavy atom. The lowest BCUT2D eigenvalue weighted by Crippen LogP contribution is -2.29. The molecule has 0 spiro atoms. The topological polar surface area (TPSA) is 84.7 Å². The molecule has 0 bridgehead atoms. The Hall–Kier alpha value is -3.61. The molecule has 2 aromatic carbocycles. The predicted molar refractivity (Wildman–Crippen MR) is 118 cm³/mol. The van der Waals surface area contributed by atoms with E-state index in [1.807, 2.05) is 54.6 Å². The van der Waals surface area contributed by atoms with E-state index >= 15 is 0 Å². The van der Waals surface area contributed by atoms with Crippen LogP contribution in [0.3, 0.4) is 0 Å². The minimum Gasteiger partial charge on any atom is -0.452 e. The standard InChI is InChI=1S/C24H25N3O4/c1-17-22(23(26-31-17)18-8-4-2-5-9-18)24(29)30-16-21(28)25-19-10-12-20(13-11-19)27-14-6-3-7-15-27/h2,4-5,8-13H,3,6-7,14-16H2,1H3,(H,25,28). The highest BCUT2D eigenvalue weighted by atomic mass is 16.5. The number of rotatable bonds is 6. The first-order valence-corrected chi connectivity index (χ1v) is 10.5. The summed E-state index contributed by atoms with van der Waals surface area (Å²) >= 11 is 0. The van der Waals surface area contributed by atoms with Crippen molar-refractivity contribution in [2.45, 2.75) is 26.2 Å². The maximum atomic E-state index is 12.6. The molecule has 4 rings (SSSR count). The molecule has 160 valence electrons. The van der Waals surface area contributed by atoms with Crippen LogP contribution < -0.4 is 10.2 Å². The molecular formula is C24H25N3O4. The SMILES string of the molecule is Cc1onc(-c2ccccc2)c1C(=O)OCC(=O)Nc1ccc(N2CCCCC2)cc1. The van der Waals surface area contributed by atoms with Crippen molar-refractivity contribution in [2.75, 3.05) is 29.9 Å². The molecule has 0 unspecified atom stereocenters. The fraction of sp³-hybridized carbons (Fsp3) is 0.292. The Kier molecular flexibility index (Phi) is 6.31. The zero-order valence-electron chi connectivity index (χ0n) is 17.5. The quantitative estimate of drug-likeness (QED) is 0.595. The van der Waals surface area contributed by atoms with Gasteiger partial charge in [0.15, 0.2) is 6.61 Å². The normalized spacial score (nSPS) is 13.6. The molecule has 1 N–H and O–H groups in total. The molecule has 0 saturated carbocycles. The summed E-state index contributed by atoms with van der Waals surface area (Å²) in [6.07, 6.45) is 3.70. The van der Waals surface area contributed by atoms with Gasteiger partial charge in [-0.05, 0) is 50.5 Å². The molecule has 1 saturated heterocycles. The summed E-state index contributed by atoms with van der Waals surface area (Å²) in [6, 6.07) is 16.9.